The maximum atomic E-state index is 12.3. The summed E-state index contributed by atoms with van der Waals surface area (Å²) in [5.74, 6) is -0.247. The minimum Gasteiger partial charge on any atom is -0.383 e. The highest BCUT2D eigenvalue weighted by atomic mass is 16.6. The van der Waals surface area contributed by atoms with E-state index in [9.17, 15) is 14.9 Å². The Labute approximate surface area is 135 Å². The number of carbonyl (C=O) groups excluding carboxylic acids is 1. The number of nitro groups is 1. The monoisotopic (exact) mass is 321 g/mol. The molecule has 0 spiro atoms. The van der Waals surface area contributed by atoms with Crippen LogP contribution >= 0.6 is 0 Å². The number of amides is 1. The van der Waals surface area contributed by atoms with Gasteiger partial charge in [-0.05, 0) is 25.0 Å². The molecule has 1 aromatic carbocycles. The Morgan fingerprint density at radius 1 is 1.35 bits per heavy atom. The van der Waals surface area contributed by atoms with E-state index >= 15 is 0 Å². The SMILES string of the molecule is COCCNc1ccc(C(=O)NC2CCCCC2)cc1[N+](=O)[O-]. The van der Waals surface area contributed by atoms with E-state index in [4.69, 9.17) is 4.74 Å². The summed E-state index contributed by atoms with van der Waals surface area (Å²) in [5, 5.41) is 17.1. The van der Waals surface area contributed by atoms with Crippen molar-refractivity contribution in [3.05, 3.63) is 33.9 Å². The Morgan fingerprint density at radius 3 is 2.74 bits per heavy atom. The van der Waals surface area contributed by atoms with Gasteiger partial charge in [0.25, 0.3) is 11.6 Å². The zero-order valence-electron chi connectivity index (χ0n) is 13.3. The lowest BCUT2D eigenvalue weighted by atomic mass is 9.95. The number of nitrogens with zero attached hydrogens (tertiary/aromatic N) is 1. The van der Waals surface area contributed by atoms with Crippen molar-refractivity contribution in [2.24, 2.45) is 0 Å². The van der Waals surface area contributed by atoms with Gasteiger partial charge >= 0.3 is 0 Å². The molecule has 23 heavy (non-hydrogen) atoms. The van der Waals surface area contributed by atoms with Crippen molar-refractivity contribution in [3.8, 4) is 0 Å². The summed E-state index contributed by atoms with van der Waals surface area (Å²) >= 11 is 0. The second kappa shape index (κ2) is 8.47. The van der Waals surface area contributed by atoms with Gasteiger partial charge in [-0.15, -0.1) is 0 Å². The zero-order valence-corrected chi connectivity index (χ0v) is 13.3. The van der Waals surface area contributed by atoms with Crippen molar-refractivity contribution in [1.29, 1.82) is 0 Å². The topological polar surface area (TPSA) is 93.5 Å². The van der Waals surface area contributed by atoms with Crippen LogP contribution in [0.5, 0.6) is 0 Å². The third-order valence-electron chi connectivity index (χ3n) is 4.02. The number of anilines is 1. The van der Waals surface area contributed by atoms with Crippen molar-refractivity contribution >= 4 is 17.3 Å². The Morgan fingerprint density at radius 2 is 2.09 bits per heavy atom. The molecule has 1 aliphatic carbocycles. The molecular weight excluding hydrogens is 298 g/mol. The average Bonchev–Trinajstić information content (AvgIpc) is 2.56. The van der Waals surface area contributed by atoms with Crippen LogP contribution in [0, 0.1) is 10.1 Å². The first-order valence-electron chi connectivity index (χ1n) is 7.94. The van der Waals surface area contributed by atoms with Crippen LogP contribution in [0.4, 0.5) is 11.4 Å². The average molecular weight is 321 g/mol. The Kier molecular flexibility index (Phi) is 6.34. The van der Waals surface area contributed by atoms with Crippen LogP contribution in [0.1, 0.15) is 42.5 Å². The number of rotatable bonds is 7. The van der Waals surface area contributed by atoms with Crippen LogP contribution in [0.2, 0.25) is 0 Å². The molecule has 0 unspecified atom stereocenters. The number of benzene rings is 1. The number of hydrogen-bond acceptors (Lipinski definition) is 5. The van der Waals surface area contributed by atoms with E-state index in [0.717, 1.165) is 25.7 Å². The molecule has 0 atom stereocenters. The van der Waals surface area contributed by atoms with E-state index in [1.807, 2.05) is 0 Å². The Hall–Kier alpha value is -2.15. The molecule has 0 bridgehead atoms. The molecule has 0 aliphatic heterocycles. The maximum absolute atomic E-state index is 12.3. The largest absolute Gasteiger partial charge is 0.383 e. The standard InChI is InChI=1S/C16H23N3O4/c1-23-10-9-17-14-8-7-12(11-15(14)19(21)22)16(20)18-13-5-3-2-4-6-13/h7-8,11,13,17H,2-6,9-10H2,1H3,(H,18,20). The van der Waals surface area contributed by atoms with Gasteiger partial charge < -0.3 is 15.4 Å². The number of carbonyl (C=O) groups is 1. The summed E-state index contributed by atoms with van der Waals surface area (Å²) in [7, 11) is 1.56. The summed E-state index contributed by atoms with van der Waals surface area (Å²) in [4.78, 5) is 23.0. The van der Waals surface area contributed by atoms with E-state index < -0.39 is 4.92 Å². The number of hydrogen-bond donors (Lipinski definition) is 2. The number of ether oxygens (including phenoxy) is 1. The predicted octanol–water partition coefficient (Wildman–Crippen LogP) is 2.72. The smallest absolute Gasteiger partial charge is 0.293 e. The molecule has 7 nitrogen and oxygen atoms in total. The van der Waals surface area contributed by atoms with Gasteiger partial charge in [0.2, 0.25) is 0 Å². The van der Waals surface area contributed by atoms with Crippen LogP contribution in [0.15, 0.2) is 18.2 Å². The summed E-state index contributed by atoms with van der Waals surface area (Å²) in [6.45, 7) is 0.909. The van der Waals surface area contributed by atoms with E-state index in [-0.39, 0.29) is 17.6 Å². The van der Waals surface area contributed by atoms with Crippen LogP contribution in [-0.4, -0.2) is 37.1 Å². The van der Waals surface area contributed by atoms with Crippen LogP contribution < -0.4 is 10.6 Å². The molecular formula is C16H23N3O4. The highest BCUT2D eigenvalue weighted by Crippen LogP contribution is 2.26. The number of methoxy groups -OCH3 is 1. The van der Waals surface area contributed by atoms with Crippen molar-refractivity contribution in [1.82, 2.24) is 5.32 Å². The summed E-state index contributed by atoms with van der Waals surface area (Å²) in [6, 6.07) is 4.69. The van der Waals surface area contributed by atoms with Crippen LogP contribution in [-0.2, 0) is 4.74 Å². The molecule has 0 heterocycles. The molecule has 126 valence electrons. The Balaban J connectivity index is 2.07. The Bertz CT molecular complexity index is 556. The van der Waals surface area contributed by atoms with Gasteiger partial charge in [-0.25, -0.2) is 0 Å². The third-order valence-corrected chi connectivity index (χ3v) is 4.02. The molecule has 0 radical (unpaired) electrons. The van der Waals surface area contributed by atoms with E-state index in [1.54, 1.807) is 19.2 Å². The molecule has 0 saturated heterocycles. The minimum atomic E-state index is -0.480. The number of nitro benzene ring substituents is 1. The molecule has 1 amide bonds. The molecule has 1 aliphatic rings. The maximum Gasteiger partial charge on any atom is 0.293 e. The fourth-order valence-corrected chi connectivity index (χ4v) is 2.78. The van der Waals surface area contributed by atoms with Crippen LogP contribution in [0.25, 0.3) is 0 Å². The van der Waals surface area contributed by atoms with E-state index in [1.165, 1.54) is 12.5 Å². The highest BCUT2D eigenvalue weighted by molar-refractivity contribution is 5.95. The van der Waals surface area contributed by atoms with Gasteiger partial charge in [0.15, 0.2) is 0 Å². The fourth-order valence-electron chi connectivity index (χ4n) is 2.78. The van der Waals surface area contributed by atoms with Gasteiger partial charge in [-0.1, -0.05) is 19.3 Å². The van der Waals surface area contributed by atoms with Crippen molar-refractivity contribution in [2.75, 3.05) is 25.6 Å². The van der Waals surface area contributed by atoms with E-state index in [2.05, 4.69) is 10.6 Å². The summed E-state index contributed by atoms with van der Waals surface area (Å²) in [6.07, 6.45) is 5.40. The summed E-state index contributed by atoms with van der Waals surface area (Å²) in [5.41, 5.74) is 0.609. The van der Waals surface area contributed by atoms with Gasteiger partial charge in [-0.3, -0.25) is 14.9 Å². The van der Waals surface area contributed by atoms with Crippen LogP contribution in [0.3, 0.4) is 0 Å². The molecule has 2 N–H and O–H groups in total. The second-order valence-corrected chi connectivity index (χ2v) is 5.72. The lowest BCUT2D eigenvalue weighted by Gasteiger charge is -2.22. The lowest BCUT2D eigenvalue weighted by molar-refractivity contribution is -0.384. The fraction of sp³-hybridized carbons (Fsp3) is 0.562. The van der Waals surface area contributed by atoms with Gasteiger partial charge in [-0.2, -0.15) is 0 Å². The van der Waals surface area contributed by atoms with E-state index in [0.29, 0.717) is 24.4 Å². The second-order valence-electron chi connectivity index (χ2n) is 5.72. The number of nitrogens with one attached hydrogen (secondary N) is 2. The quantitative estimate of drug-likeness (QED) is 0.457. The predicted molar refractivity (Wildman–Crippen MR) is 87.8 cm³/mol. The summed E-state index contributed by atoms with van der Waals surface area (Å²) < 4.78 is 4.91. The first kappa shape index (κ1) is 17.2. The first-order valence-corrected chi connectivity index (χ1v) is 7.94. The minimum absolute atomic E-state index is 0.0996. The molecule has 1 aromatic rings. The normalized spacial score (nSPS) is 15.2. The van der Waals surface area contributed by atoms with Crippen molar-refractivity contribution in [3.63, 3.8) is 0 Å². The molecule has 1 fully saturated rings. The molecule has 1 saturated carbocycles. The lowest BCUT2D eigenvalue weighted by Crippen LogP contribution is -2.36. The highest BCUT2D eigenvalue weighted by Gasteiger charge is 2.20. The van der Waals surface area contributed by atoms with Crippen molar-refractivity contribution < 1.29 is 14.5 Å². The third kappa shape index (κ3) is 4.92. The van der Waals surface area contributed by atoms with Crippen molar-refractivity contribution in [2.45, 2.75) is 38.1 Å². The molecule has 0 aromatic heterocycles. The van der Waals surface area contributed by atoms with Gasteiger partial charge in [0.1, 0.15) is 5.69 Å². The molecule has 7 heteroatoms. The van der Waals surface area contributed by atoms with Gasteiger partial charge in [0, 0.05) is 31.3 Å². The van der Waals surface area contributed by atoms with Gasteiger partial charge in [0.05, 0.1) is 11.5 Å². The first-order chi connectivity index (χ1) is 11.1. The molecule has 2 rings (SSSR count). The zero-order chi connectivity index (χ0) is 16.7.